The number of hydrogen-bond donors (Lipinski definition) is 1. The van der Waals surface area contributed by atoms with Crippen LogP contribution in [0.2, 0.25) is 0 Å². The molecule has 1 aromatic rings. The van der Waals surface area contributed by atoms with Crippen LogP contribution in [0.3, 0.4) is 0 Å². The molecule has 1 heterocycles. The standard InChI is InChI=1S/C10H14ClN3O/c1-15-9-4-5-12-10(14-9)13-6-8(11)7-2-3-7/h4-5,7-8H,2-3,6H2,1H3,(H,12,13,14). The molecule has 1 unspecified atom stereocenters. The summed E-state index contributed by atoms with van der Waals surface area (Å²) in [5.74, 6) is 1.80. The van der Waals surface area contributed by atoms with Crippen LogP contribution >= 0.6 is 11.6 Å². The van der Waals surface area contributed by atoms with E-state index in [1.165, 1.54) is 12.8 Å². The van der Waals surface area contributed by atoms with Gasteiger partial charge in [-0.25, -0.2) is 4.98 Å². The molecule has 1 aliphatic carbocycles. The lowest BCUT2D eigenvalue weighted by molar-refractivity contribution is 0.397. The molecule has 0 aliphatic heterocycles. The molecule has 1 aromatic heterocycles. The van der Waals surface area contributed by atoms with Gasteiger partial charge in [0.1, 0.15) is 0 Å². The summed E-state index contributed by atoms with van der Waals surface area (Å²) in [7, 11) is 1.58. The van der Waals surface area contributed by atoms with Gasteiger partial charge in [0, 0.05) is 18.8 Å². The van der Waals surface area contributed by atoms with E-state index in [1.54, 1.807) is 19.4 Å². The van der Waals surface area contributed by atoms with Crippen LogP contribution in [-0.4, -0.2) is 29.0 Å². The number of hydrogen-bond acceptors (Lipinski definition) is 4. The number of rotatable bonds is 5. The van der Waals surface area contributed by atoms with Gasteiger partial charge in [0.15, 0.2) is 0 Å². The summed E-state index contributed by atoms with van der Waals surface area (Å²) in [6.07, 6.45) is 4.15. The zero-order valence-electron chi connectivity index (χ0n) is 8.61. The largest absolute Gasteiger partial charge is 0.481 e. The molecule has 1 N–H and O–H groups in total. The Morgan fingerprint density at radius 3 is 3.13 bits per heavy atom. The van der Waals surface area contributed by atoms with Crippen LogP contribution in [0, 0.1) is 5.92 Å². The molecule has 2 rings (SSSR count). The van der Waals surface area contributed by atoms with Crippen molar-refractivity contribution in [3.05, 3.63) is 12.3 Å². The molecule has 0 spiro atoms. The third-order valence-corrected chi connectivity index (χ3v) is 2.94. The summed E-state index contributed by atoms with van der Waals surface area (Å²) in [5.41, 5.74) is 0. The maximum absolute atomic E-state index is 6.15. The Balaban J connectivity index is 1.86. The summed E-state index contributed by atoms with van der Waals surface area (Å²) in [5, 5.41) is 3.29. The van der Waals surface area contributed by atoms with Gasteiger partial charge in [-0.05, 0) is 18.8 Å². The Morgan fingerprint density at radius 1 is 1.67 bits per heavy atom. The first-order chi connectivity index (χ1) is 7.29. The molecule has 1 fully saturated rings. The van der Waals surface area contributed by atoms with Gasteiger partial charge in [-0.3, -0.25) is 0 Å². The van der Waals surface area contributed by atoms with E-state index in [2.05, 4.69) is 15.3 Å². The van der Waals surface area contributed by atoms with Gasteiger partial charge in [-0.1, -0.05) is 0 Å². The molecular formula is C10H14ClN3O. The third kappa shape index (κ3) is 2.96. The molecular weight excluding hydrogens is 214 g/mol. The molecule has 82 valence electrons. The summed E-state index contributed by atoms with van der Waals surface area (Å²) in [6.45, 7) is 0.708. The second-order valence-electron chi connectivity index (χ2n) is 3.66. The van der Waals surface area contributed by atoms with E-state index in [1.807, 2.05) is 0 Å². The zero-order valence-corrected chi connectivity index (χ0v) is 9.37. The van der Waals surface area contributed by atoms with Crippen molar-refractivity contribution in [1.82, 2.24) is 9.97 Å². The minimum absolute atomic E-state index is 0.180. The van der Waals surface area contributed by atoms with Crippen molar-refractivity contribution in [1.29, 1.82) is 0 Å². The third-order valence-electron chi connectivity index (χ3n) is 2.43. The van der Waals surface area contributed by atoms with Crippen molar-refractivity contribution >= 4 is 17.5 Å². The van der Waals surface area contributed by atoms with Crippen LogP contribution in [0.4, 0.5) is 5.95 Å². The first-order valence-corrected chi connectivity index (χ1v) is 5.48. The first kappa shape index (κ1) is 10.5. The highest BCUT2D eigenvalue weighted by molar-refractivity contribution is 6.21. The maximum Gasteiger partial charge on any atom is 0.225 e. The van der Waals surface area contributed by atoms with E-state index < -0.39 is 0 Å². The summed E-state index contributed by atoms with van der Waals surface area (Å²) < 4.78 is 5.00. The maximum atomic E-state index is 6.15. The molecule has 4 nitrogen and oxygen atoms in total. The van der Waals surface area contributed by atoms with Gasteiger partial charge in [-0.2, -0.15) is 4.98 Å². The van der Waals surface area contributed by atoms with E-state index in [0.717, 1.165) is 0 Å². The van der Waals surface area contributed by atoms with Gasteiger partial charge in [0.05, 0.1) is 12.5 Å². The highest BCUT2D eigenvalue weighted by Gasteiger charge is 2.29. The molecule has 1 atom stereocenters. The van der Waals surface area contributed by atoms with Crippen LogP contribution in [0.1, 0.15) is 12.8 Å². The normalized spacial score (nSPS) is 17.2. The smallest absolute Gasteiger partial charge is 0.225 e. The number of anilines is 1. The molecule has 0 aromatic carbocycles. The Hall–Kier alpha value is -1.03. The Labute approximate surface area is 94.0 Å². The number of nitrogens with one attached hydrogen (secondary N) is 1. The zero-order chi connectivity index (χ0) is 10.7. The van der Waals surface area contributed by atoms with Crippen molar-refractivity contribution in [2.75, 3.05) is 19.0 Å². The number of nitrogens with zero attached hydrogens (tertiary/aromatic N) is 2. The number of halogens is 1. The molecule has 1 saturated carbocycles. The first-order valence-electron chi connectivity index (χ1n) is 5.04. The van der Waals surface area contributed by atoms with Gasteiger partial charge in [0.2, 0.25) is 11.8 Å². The van der Waals surface area contributed by atoms with Gasteiger partial charge in [0.25, 0.3) is 0 Å². The molecule has 15 heavy (non-hydrogen) atoms. The minimum Gasteiger partial charge on any atom is -0.481 e. The number of ether oxygens (including phenoxy) is 1. The predicted octanol–water partition coefficient (Wildman–Crippen LogP) is 1.91. The average molecular weight is 228 g/mol. The monoisotopic (exact) mass is 227 g/mol. The Morgan fingerprint density at radius 2 is 2.47 bits per heavy atom. The van der Waals surface area contributed by atoms with E-state index in [9.17, 15) is 0 Å². The van der Waals surface area contributed by atoms with Crippen LogP contribution in [0.5, 0.6) is 5.88 Å². The average Bonchev–Trinajstić information content (AvgIpc) is 3.10. The van der Waals surface area contributed by atoms with E-state index in [4.69, 9.17) is 16.3 Å². The highest BCUT2D eigenvalue weighted by Crippen LogP contribution is 2.35. The topological polar surface area (TPSA) is 47.0 Å². The van der Waals surface area contributed by atoms with Crippen molar-refractivity contribution < 1.29 is 4.74 Å². The van der Waals surface area contributed by atoms with E-state index >= 15 is 0 Å². The van der Waals surface area contributed by atoms with Crippen LogP contribution in [-0.2, 0) is 0 Å². The Kier molecular flexibility index (Phi) is 3.26. The molecule has 1 aliphatic rings. The summed E-state index contributed by atoms with van der Waals surface area (Å²) in [4.78, 5) is 8.22. The fraction of sp³-hybridized carbons (Fsp3) is 0.600. The van der Waals surface area contributed by atoms with Crippen molar-refractivity contribution in [3.63, 3.8) is 0 Å². The van der Waals surface area contributed by atoms with Crippen LogP contribution in [0.15, 0.2) is 12.3 Å². The lowest BCUT2D eigenvalue weighted by Crippen LogP contribution is -2.17. The van der Waals surface area contributed by atoms with E-state index in [-0.39, 0.29) is 5.38 Å². The second kappa shape index (κ2) is 4.66. The quantitative estimate of drug-likeness (QED) is 0.781. The summed E-state index contributed by atoms with van der Waals surface area (Å²) >= 11 is 6.15. The van der Waals surface area contributed by atoms with Crippen LogP contribution < -0.4 is 10.1 Å². The van der Waals surface area contributed by atoms with E-state index in [0.29, 0.717) is 24.3 Å². The minimum atomic E-state index is 0.180. The van der Waals surface area contributed by atoms with Gasteiger partial charge >= 0.3 is 0 Å². The molecule has 0 radical (unpaired) electrons. The van der Waals surface area contributed by atoms with Gasteiger partial charge < -0.3 is 10.1 Å². The molecule has 5 heteroatoms. The molecule has 0 amide bonds. The summed E-state index contributed by atoms with van der Waals surface area (Å²) in [6, 6.07) is 1.71. The molecule has 0 bridgehead atoms. The SMILES string of the molecule is COc1ccnc(NCC(Cl)C2CC2)n1. The highest BCUT2D eigenvalue weighted by atomic mass is 35.5. The molecule has 0 saturated heterocycles. The van der Waals surface area contributed by atoms with Crippen LogP contribution in [0.25, 0.3) is 0 Å². The van der Waals surface area contributed by atoms with Crippen molar-refractivity contribution in [2.45, 2.75) is 18.2 Å². The second-order valence-corrected chi connectivity index (χ2v) is 4.22. The van der Waals surface area contributed by atoms with Crippen molar-refractivity contribution in [2.24, 2.45) is 5.92 Å². The predicted molar refractivity (Wildman–Crippen MR) is 59.4 cm³/mol. The van der Waals surface area contributed by atoms with Gasteiger partial charge in [-0.15, -0.1) is 11.6 Å². The number of aromatic nitrogens is 2. The fourth-order valence-corrected chi connectivity index (χ4v) is 1.68. The lowest BCUT2D eigenvalue weighted by Gasteiger charge is -2.09. The fourth-order valence-electron chi connectivity index (χ4n) is 1.35. The number of methoxy groups -OCH3 is 1. The number of alkyl halides is 1. The lowest BCUT2D eigenvalue weighted by atomic mass is 10.3. The van der Waals surface area contributed by atoms with Crippen molar-refractivity contribution in [3.8, 4) is 5.88 Å². The Bertz CT molecular complexity index is 330.